The van der Waals surface area contributed by atoms with Crippen molar-refractivity contribution in [2.24, 2.45) is 13.0 Å². The fourth-order valence-electron chi connectivity index (χ4n) is 3.37. The Morgan fingerprint density at radius 1 is 1.13 bits per heavy atom. The third kappa shape index (κ3) is 5.06. The normalized spacial score (nSPS) is 11.5. The molecule has 2 heterocycles. The van der Waals surface area contributed by atoms with Gasteiger partial charge in [-0.25, -0.2) is 4.79 Å². The lowest BCUT2D eigenvalue weighted by molar-refractivity contribution is -0.387. The van der Waals surface area contributed by atoms with E-state index < -0.39 is 21.9 Å². The molecule has 0 bridgehead atoms. The minimum atomic E-state index is -0.892. The zero-order chi connectivity index (χ0) is 22.5. The Labute approximate surface area is 179 Å². The molecule has 3 aromatic rings. The lowest BCUT2D eigenvalue weighted by atomic mass is 10.1. The van der Waals surface area contributed by atoms with Crippen LogP contribution in [0.4, 0.5) is 5.69 Å². The molecule has 0 amide bonds. The third-order valence-electron chi connectivity index (χ3n) is 4.80. The maximum absolute atomic E-state index is 13.2. The van der Waals surface area contributed by atoms with E-state index in [-0.39, 0.29) is 24.7 Å². The predicted octanol–water partition coefficient (Wildman–Crippen LogP) is 2.72. The van der Waals surface area contributed by atoms with Crippen molar-refractivity contribution < 1.29 is 4.92 Å². The highest BCUT2D eigenvalue weighted by Crippen LogP contribution is 2.17. The van der Waals surface area contributed by atoms with Crippen molar-refractivity contribution in [1.82, 2.24) is 18.9 Å². The summed E-state index contributed by atoms with van der Waals surface area (Å²) in [6.45, 7) is 4.13. The molecule has 0 saturated carbocycles. The van der Waals surface area contributed by atoms with Gasteiger partial charge in [0.25, 0.3) is 0 Å². The second-order valence-electron chi connectivity index (χ2n) is 7.75. The van der Waals surface area contributed by atoms with E-state index in [1.54, 1.807) is 30.2 Å². The van der Waals surface area contributed by atoms with Gasteiger partial charge >= 0.3 is 16.9 Å². The van der Waals surface area contributed by atoms with Crippen molar-refractivity contribution in [1.29, 1.82) is 0 Å². The molecule has 162 valence electrons. The van der Waals surface area contributed by atoms with E-state index in [0.29, 0.717) is 12.0 Å². The first-order valence-corrected chi connectivity index (χ1v) is 10.0. The minimum Gasteiger partial charge on any atom is -0.287 e. The van der Waals surface area contributed by atoms with Crippen LogP contribution in [0.3, 0.4) is 0 Å². The predicted molar refractivity (Wildman–Crippen MR) is 119 cm³/mol. The molecule has 3 rings (SSSR count). The van der Waals surface area contributed by atoms with E-state index in [2.05, 4.69) is 5.10 Å². The fourth-order valence-corrected chi connectivity index (χ4v) is 3.37. The first-order chi connectivity index (χ1) is 14.8. The molecule has 0 N–H and O–H groups in total. The van der Waals surface area contributed by atoms with Gasteiger partial charge in [0.1, 0.15) is 5.69 Å². The monoisotopic (exact) mass is 423 g/mol. The molecular formula is C22H25N5O4. The molecular weight excluding hydrogens is 398 g/mol. The Morgan fingerprint density at radius 2 is 1.84 bits per heavy atom. The van der Waals surface area contributed by atoms with Crippen LogP contribution in [0.1, 0.15) is 30.7 Å². The van der Waals surface area contributed by atoms with Gasteiger partial charge in [0.05, 0.1) is 11.1 Å². The third-order valence-corrected chi connectivity index (χ3v) is 4.80. The van der Waals surface area contributed by atoms with Gasteiger partial charge in [-0.2, -0.15) is 5.10 Å². The number of aromatic nitrogens is 4. The van der Waals surface area contributed by atoms with Gasteiger partial charge in [0.15, 0.2) is 0 Å². The number of aryl methyl sites for hydroxylation is 2. The van der Waals surface area contributed by atoms with Crippen LogP contribution in [0.25, 0.3) is 12.2 Å². The number of nitrogens with zero attached hydrogens (tertiary/aromatic N) is 5. The minimum absolute atomic E-state index is 0.00601. The molecule has 2 aromatic heterocycles. The van der Waals surface area contributed by atoms with Crippen LogP contribution < -0.4 is 11.2 Å². The number of benzene rings is 1. The summed E-state index contributed by atoms with van der Waals surface area (Å²) in [6.07, 6.45) is 6.80. The van der Waals surface area contributed by atoms with E-state index in [4.69, 9.17) is 0 Å². The first kappa shape index (κ1) is 21.9. The van der Waals surface area contributed by atoms with Crippen LogP contribution >= 0.6 is 0 Å². The molecule has 9 nitrogen and oxygen atoms in total. The lowest BCUT2D eigenvalue weighted by Crippen LogP contribution is -2.43. The molecule has 31 heavy (non-hydrogen) atoms. The van der Waals surface area contributed by atoms with Crippen molar-refractivity contribution in [3.8, 4) is 0 Å². The molecule has 0 spiro atoms. The van der Waals surface area contributed by atoms with E-state index in [9.17, 15) is 19.7 Å². The van der Waals surface area contributed by atoms with Crippen LogP contribution in [0.15, 0.2) is 52.3 Å². The molecule has 1 aromatic carbocycles. The van der Waals surface area contributed by atoms with Gasteiger partial charge in [-0.3, -0.25) is 28.7 Å². The van der Waals surface area contributed by atoms with Gasteiger partial charge in [-0.05, 0) is 30.1 Å². The van der Waals surface area contributed by atoms with Gasteiger partial charge in [-0.15, -0.1) is 0 Å². The molecule has 0 aliphatic rings. The summed E-state index contributed by atoms with van der Waals surface area (Å²) >= 11 is 0. The molecule has 0 aliphatic heterocycles. The van der Waals surface area contributed by atoms with Gasteiger partial charge in [0, 0.05) is 31.9 Å². The second-order valence-corrected chi connectivity index (χ2v) is 7.75. The first-order valence-electron chi connectivity index (χ1n) is 10.0. The molecule has 0 saturated heterocycles. The van der Waals surface area contributed by atoms with Gasteiger partial charge in [-0.1, -0.05) is 44.2 Å². The Morgan fingerprint density at radius 3 is 2.42 bits per heavy atom. The summed E-state index contributed by atoms with van der Waals surface area (Å²) in [6, 6.07) is 9.38. The second kappa shape index (κ2) is 9.38. The summed E-state index contributed by atoms with van der Waals surface area (Å²) in [5.74, 6) is 0.0444. The maximum atomic E-state index is 13.2. The average Bonchev–Trinajstić information content (AvgIpc) is 3.14. The number of hydrogen-bond acceptors (Lipinski definition) is 5. The highest BCUT2D eigenvalue weighted by Gasteiger charge is 2.26. The Balaban J connectivity index is 2.14. The smallest absolute Gasteiger partial charge is 0.287 e. The Bertz CT molecular complexity index is 1220. The lowest BCUT2D eigenvalue weighted by Gasteiger charge is -2.15. The van der Waals surface area contributed by atoms with Crippen LogP contribution in [-0.4, -0.2) is 23.8 Å². The van der Waals surface area contributed by atoms with Crippen molar-refractivity contribution >= 4 is 17.8 Å². The quantitative estimate of drug-likeness (QED) is 0.409. The van der Waals surface area contributed by atoms with Crippen molar-refractivity contribution in [2.75, 3.05) is 0 Å². The standard InChI is InChI=1S/C22H25N5O4/c1-16(2)14-26-19(10-9-18-13-23-24(3)15-18)20(27(30)31)21(28)25(22(26)29)12-11-17-7-5-4-6-8-17/h4-10,13,15-16H,11-12,14H2,1-3H3/b10-9+. The van der Waals surface area contributed by atoms with E-state index in [0.717, 1.165) is 10.1 Å². The van der Waals surface area contributed by atoms with Crippen molar-refractivity contribution in [2.45, 2.75) is 33.4 Å². The van der Waals surface area contributed by atoms with Gasteiger partial charge < -0.3 is 0 Å². The van der Waals surface area contributed by atoms with E-state index in [1.807, 2.05) is 44.2 Å². The van der Waals surface area contributed by atoms with Crippen LogP contribution in [-0.2, 0) is 26.6 Å². The topological polar surface area (TPSA) is 105 Å². The van der Waals surface area contributed by atoms with E-state index in [1.165, 1.54) is 10.6 Å². The number of rotatable bonds is 8. The average molecular weight is 423 g/mol. The summed E-state index contributed by atoms with van der Waals surface area (Å²) in [4.78, 5) is 37.3. The maximum Gasteiger partial charge on any atom is 0.357 e. The van der Waals surface area contributed by atoms with E-state index >= 15 is 0 Å². The highest BCUT2D eigenvalue weighted by molar-refractivity contribution is 5.71. The molecule has 0 unspecified atom stereocenters. The molecule has 0 radical (unpaired) electrons. The summed E-state index contributed by atoms with van der Waals surface area (Å²) in [5.41, 5.74) is -0.411. The van der Waals surface area contributed by atoms with Crippen LogP contribution in [0, 0.1) is 16.0 Å². The Kier molecular flexibility index (Phi) is 6.64. The molecule has 9 heteroatoms. The van der Waals surface area contributed by atoms with Crippen LogP contribution in [0.2, 0.25) is 0 Å². The fraction of sp³-hybridized carbons (Fsp3) is 0.318. The molecule has 0 atom stereocenters. The zero-order valence-electron chi connectivity index (χ0n) is 17.8. The number of hydrogen-bond donors (Lipinski definition) is 0. The van der Waals surface area contributed by atoms with Crippen LogP contribution in [0.5, 0.6) is 0 Å². The summed E-state index contributed by atoms with van der Waals surface area (Å²) in [7, 11) is 1.75. The molecule has 0 fully saturated rings. The summed E-state index contributed by atoms with van der Waals surface area (Å²) < 4.78 is 3.88. The Hall–Kier alpha value is -3.75. The largest absolute Gasteiger partial charge is 0.357 e. The zero-order valence-corrected chi connectivity index (χ0v) is 17.8. The SMILES string of the molecule is CC(C)Cn1c(/C=C/c2cnn(C)c2)c([N+](=O)[O-])c(=O)n(CCc2ccccc2)c1=O. The van der Waals surface area contributed by atoms with Crippen molar-refractivity contribution in [3.63, 3.8) is 0 Å². The summed E-state index contributed by atoms with van der Waals surface area (Å²) in [5, 5.41) is 15.9. The molecule has 0 aliphatic carbocycles. The highest BCUT2D eigenvalue weighted by atomic mass is 16.6. The van der Waals surface area contributed by atoms with Gasteiger partial charge in [0.2, 0.25) is 0 Å². The van der Waals surface area contributed by atoms with Crippen molar-refractivity contribution in [3.05, 3.63) is 90.5 Å². The number of nitro groups is 1.